The van der Waals surface area contributed by atoms with Crippen molar-refractivity contribution in [2.45, 2.75) is 43.9 Å². The number of aryl methyl sites for hydroxylation is 1. The molecule has 1 rings (SSSR count). The summed E-state index contributed by atoms with van der Waals surface area (Å²) in [5.41, 5.74) is 1.94. The molecule has 1 aromatic carbocycles. The Morgan fingerprint density at radius 1 is 1.32 bits per heavy atom. The average molecular weight is 323 g/mol. The standard InChI is InChI=1S/C17H25NO3S/c1-4-5-6-7-8-14-9-11-16(22(3)21)15(13-14)10-12-17(19)18(2)20/h9-13,20H,4-8H2,1-3H3. The average Bonchev–Trinajstić information content (AvgIpc) is 2.48. The molecule has 0 fully saturated rings. The van der Waals surface area contributed by atoms with Gasteiger partial charge >= 0.3 is 0 Å². The quantitative estimate of drug-likeness (QED) is 0.345. The highest BCUT2D eigenvalue weighted by Crippen LogP contribution is 2.19. The maximum absolute atomic E-state index is 11.8. The zero-order chi connectivity index (χ0) is 16.5. The first kappa shape index (κ1) is 18.6. The number of carbonyl (C=O) groups excluding carboxylic acids is 1. The highest BCUT2D eigenvalue weighted by atomic mass is 32.2. The van der Waals surface area contributed by atoms with E-state index in [0.29, 0.717) is 9.96 Å². The second-order valence-corrected chi connectivity index (χ2v) is 6.68. The Kier molecular flexibility index (Phi) is 8.06. The molecule has 1 unspecified atom stereocenters. The molecule has 1 N–H and O–H groups in total. The van der Waals surface area contributed by atoms with E-state index in [4.69, 9.17) is 5.21 Å². The molecule has 0 bridgehead atoms. The van der Waals surface area contributed by atoms with Gasteiger partial charge in [0.15, 0.2) is 0 Å². The second kappa shape index (κ2) is 9.54. The molecule has 0 saturated heterocycles. The smallest absolute Gasteiger partial charge is 0.269 e. The number of hydrogen-bond donors (Lipinski definition) is 1. The van der Waals surface area contributed by atoms with Crippen molar-refractivity contribution in [3.63, 3.8) is 0 Å². The highest BCUT2D eigenvalue weighted by Gasteiger charge is 2.07. The Bertz CT molecular complexity index is 553. The van der Waals surface area contributed by atoms with Crippen molar-refractivity contribution in [1.29, 1.82) is 0 Å². The predicted molar refractivity (Wildman–Crippen MR) is 90.2 cm³/mol. The van der Waals surface area contributed by atoms with Crippen molar-refractivity contribution in [2.24, 2.45) is 0 Å². The van der Waals surface area contributed by atoms with E-state index in [1.807, 2.05) is 18.2 Å². The van der Waals surface area contributed by atoms with Gasteiger partial charge in [0.25, 0.3) is 5.91 Å². The van der Waals surface area contributed by atoms with E-state index in [1.54, 1.807) is 12.3 Å². The SMILES string of the molecule is CCCCCCc1ccc(S(C)=O)c(C=CC(=O)N(C)O)c1. The molecule has 0 saturated carbocycles. The summed E-state index contributed by atoms with van der Waals surface area (Å²) in [4.78, 5) is 12.1. The monoisotopic (exact) mass is 323 g/mol. The minimum Gasteiger partial charge on any atom is -0.286 e. The van der Waals surface area contributed by atoms with Crippen LogP contribution in [0.15, 0.2) is 29.2 Å². The zero-order valence-corrected chi connectivity index (χ0v) is 14.4. The number of hydrogen-bond acceptors (Lipinski definition) is 3. The lowest BCUT2D eigenvalue weighted by atomic mass is 10.0. The molecule has 1 amide bonds. The van der Waals surface area contributed by atoms with Crippen LogP contribution in [-0.4, -0.2) is 33.7 Å². The first-order chi connectivity index (χ1) is 10.5. The molecule has 1 atom stereocenters. The minimum atomic E-state index is -1.12. The van der Waals surface area contributed by atoms with Gasteiger partial charge in [0.2, 0.25) is 0 Å². The van der Waals surface area contributed by atoms with E-state index in [1.165, 1.54) is 37.9 Å². The van der Waals surface area contributed by atoms with E-state index in [9.17, 15) is 9.00 Å². The Hall–Kier alpha value is -1.46. The van der Waals surface area contributed by atoms with Crippen molar-refractivity contribution < 1.29 is 14.2 Å². The summed E-state index contributed by atoms with van der Waals surface area (Å²) in [6, 6.07) is 5.84. The van der Waals surface area contributed by atoms with Gasteiger partial charge in [-0.1, -0.05) is 38.3 Å². The predicted octanol–water partition coefficient (Wildman–Crippen LogP) is 3.41. The number of likely N-dealkylation sites (N-methyl/N-ethyl adjacent to an activating group) is 1. The minimum absolute atomic E-state index is 0.513. The number of amides is 1. The number of rotatable bonds is 8. The molecule has 22 heavy (non-hydrogen) atoms. The van der Waals surface area contributed by atoms with Gasteiger partial charge in [0.1, 0.15) is 0 Å². The molecule has 0 heterocycles. The van der Waals surface area contributed by atoms with Crippen LogP contribution in [0.3, 0.4) is 0 Å². The molecule has 1 aromatic rings. The second-order valence-electron chi connectivity index (χ2n) is 5.33. The fourth-order valence-corrected chi connectivity index (χ4v) is 2.89. The molecule has 4 nitrogen and oxygen atoms in total. The Labute approximate surface area is 135 Å². The maximum Gasteiger partial charge on any atom is 0.269 e. The molecular weight excluding hydrogens is 298 g/mol. The van der Waals surface area contributed by atoms with Crippen LogP contribution in [0.5, 0.6) is 0 Å². The lowest BCUT2D eigenvalue weighted by Gasteiger charge is -2.08. The van der Waals surface area contributed by atoms with Gasteiger partial charge in [0, 0.05) is 24.3 Å². The van der Waals surface area contributed by atoms with Crippen molar-refractivity contribution in [3.8, 4) is 0 Å². The summed E-state index contributed by atoms with van der Waals surface area (Å²) in [6.45, 7) is 2.18. The van der Waals surface area contributed by atoms with Gasteiger partial charge in [-0.2, -0.15) is 0 Å². The van der Waals surface area contributed by atoms with Gasteiger partial charge in [0.05, 0.1) is 10.8 Å². The first-order valence-electron chi connectivity index (χ1n) is 7.56. The number of nitrogens with zero attached hydrogens (tertiary/aromatic N) is 1. The van der Waals surface area contributed by atoms with Crippen LogP contribution in [0.1, 0.15) is 43.7 Å². The van der Waals surface area contributed by atoms with Crippen LogP contribution in [-0.2, 0) is 22.0 Å². The van der Waals surface area contributed by atoms with Crippen LogP contribution in [0.4, 0.5) is 0 Å². The van der Waals surface area contributed by atoms with Crippen molar-refractivity contribution in [1.82, 2.24) is 5.06 Å². The number of unbranched alkanes of at least 4 members (excludes halogenated alkanes) is 3. The highest BCUT2D eigenvalue weighted by molar-refractivity contribution is 7.84. The maximum atomic E-state index is 11.8. The van der Waals surface area contributed by atoms with E-state index in [-0.39, 0.29) is 0 Å². The van der Waals surface area contributed by atoms with Gasteiger partial charge in [-0.15, -0.1) is 0 Å². The Morgan fingerprint density at radius 2 is 2.05 bits per heavy atom. The van der Waals surface area contributed by atoms with Crippen LogP contribution in [0, 0.1) is 0 Å². The van der Waals surface area contributed by atoms with Crippen LogP contribution >= 0.6 is 0 Å². The van der Waals surface area contributed by atoms with Gasteiger partial charge in [-0.05, 0) is 36.1 Å². The van der Waals surface area contributed by atoms with E-state index in [0.717, 1.165) is 18.4 Å². The molecule has 0 radical (unpaired) electrons. The third kappa shape index (κ3) is 6.12. The molecule has 0 spiro atoms. The fraction of sp³-hybridized carbons (Fsp3) is 0.471. The summed E-state index contributed by atoms with van der Waals surface area (Å²) in [6.07, 6.45) is 10.3. The molecule has 0 aromatic heterocycles. The molecule has 0 aliphatic rings. The normalized spacial score (nSPS) is 12.5. The Morgan fingerprint density at radius 3 is 2.64 bits per heavy atom. The molecule has 5 heteroatoms. The lowest BCUT2D eigenvalue weighted by molar-refractivity contribution is -0.153. The van der Waals surface area contributed by atoms with Crippen molar-refractivity contribution >= 4 is 22.8 Å². The summed E-state index contributed by atoms with van der Waals surface area (Å²) in [5.74, 6) is -0.513. The van der Waals surface area contributed by atoms with Crippen molar-refractivity contribution in [3.05, 3.63) is 35.4 Å². The first-order valence-corrected chi connectivity index (χ1v) is 9.12. The van der Waals surface area contributed by atoms with E-state index in [2.05, 4.69) is 6.92 Å². The van der Waals surface area contributed by atoms with Gasteiger partial charge in [-0.3, -0.25) is 14.2 Å². The van der Waals surface area contributed by atoms with E-state index >= 15 is 0 Å². The lowest BCUT2D eigenvalue weighted by Crippen LogP contribution is -2.19. The molecular formula is C17H25NO3S. The largest absolute Gasteiger partial charge is 0.286 e. The number of benzene rings is 1. The van der Waals surface area contributed by atoms with Crippen LogP contribution in [0.2, 0.25) is 0 Å². The number of hydroxylamine groups is 2. The Balaban J connectivity index is 2.90. The zero-order valence-electron chi connectivity index (χ0n) is 13.5. The molecule has 0 aliphatic heterocycles. The van der Waals surface area contributed by atoms with E-state index < -0.39 is 16.7 Å². The third-order valence-electron chi connectivity index (χ3n) is 3.43. The van der Waals surface area contributed by atoms with Crippen molar-refractivity contribution in [2.75, 3.05) is 13.3 Å². The fourth-order valence-electron chi connectivity index (χ4n) is 2.17. The molecule has 0 aliphatic carbocycles. The molecule has 122 valence electrons. The summed E-state index contributed by atoms with van der Waals surface area (Å²) >= 11 is 0. The summed E-state index contributed by atoms with van der Waals surface area (Å²) < 4.78 is 11.8. The van der Waals surface area contributed by atoms with Crippen LogP contribution in [0.25, 0.3) is 6.08 Å². The van der Waals surface area contributed by atoms with Gasteiger partial charge in [-0.25, -0.2) is 5.06 Å². The summed E-state index contributed by atoms with van der Waals surface area (Å²) in [7, 11) is 0.152. The summed E-state index contributed by atoms with van der Waals surface area (Å²) in [5, 5.41) is 9.59. The topological polar surface area (TPSA) is 57.6 Å². The van der Waals surface area contributed by atoms with Gasteiger partial charge < -0.3 is 0 Å². The van der Waals surface area contributed by atoms with Crippen LogP contribution < -0.4 is 0 Å². The third-order valence-corrected chi connectivity index (χ3v) is 4.42. The number of carbonyl (C=O) groups is 1.